The molecule has 2 atom stereocenters. The Morgan fingerprint density at radius 3 is 2.22 bits per heavy atom. The van der Waals surface area contributed by atoms with Crippen LogP contribution in [0.1, 0.15) is 39.5 Å². The van der Waals surface area contributed by atoms with Crippen molar-refractivity contribution in [2.24, 2.45) is 17.8 Å². The average molecular weight is 251 g/mol. The van der Waals surface area contributed by atoms with E-state index in [4.69, 9.17) is 5.11 Å². The molecule has 1 amide bonds. The maximum Gasteiger partial charge on any atom is 0.307 e. The third-order valence-electron chi connectivity index (χ3n) is 4.13. The van der Waals surface area contributed by atoms with Gasteiger partial charge in [0.15, 0.2) is 0 Å². The number of hydrogen-bond acceptors (Lipinski definition) is 2. The lowest BCUT2D eigenvalue weighted by Gasteiger charge is -2.31. The van der Waals surface area contributed by atoms with Gasteiger partial charge in [0.25, 0.3) is 0 Å². The fraction of sp³-hybridized carbons (Fsp3) is 0.714. The SMILES string of the molecule is CC(C)(NC(=O)C1CC=CCC1C(=O)O)C1CC1. The Balaban J connectivity index is 2.02. The van der Waals surface area contributed by atoms with E-state index in [0.717, 1.165) is 12.8 Å². The Bertz CT molecular complexity index is 383. The van der Waals surface area contributed by atoms with E-state index in [0.29, 0.717) is 18.8 Å². The number of rotatable bonds is 4. The summed E-state index contributed by atoms with van der Waals surface area (Å²) >= 11 is 0. The van der Waals surface area contributed by atoms with E-state index in [2.05, 4.69) is 5.32 Å². The normalized spacial score (nSPS) is 27.9. The summed E-state index contributed by atoms with van der Waals surface area (Å²) in [6.07, 6.45) is 7.06. The number of allylic oxidation sites excluding steroid dienone is 2. The summed E-state index contributed by atoms with van der Waals surface area (Å²) in [6, 6.07) is 0. The lowest BCUT2D eigenvalue weighted by atomic mass is 9.81. The van der Waals surface area contributed by atoms with Crippen LogP contribution in [-0.4, -0.2) is 22.5 Å². The molecule has 0 radical (unpaired) electrons. The predicted molar refractivity (Wildman–Crippen MR) is 67.9 cm³/mol. The van der Waals surface area contributed by atoms with Gasteiger partial charge in [0.1, 0.15) is 0 Å². The van der Waals surface area contributed by atoms with Crippen LogP contribution in [0.25, 0.3) is 0 Å². The van der Waals surface area contributed by atoms with Crippen molar-refractivity contribution < 1.29 is 14.7 Å². The summed E-state index contributed by atoms with van der Waals surface area (Å²) in [4.78, 5) is 23.4. The standard InChI is InChI=1S/C14H21NO3/c1-14(2,9-7-8-9)15-12(16)10-5-3-4-6-11(10)13(17)18/h3-4,9-11H,5-8H2,1-2H3,(H,15,16)(H,17,18). The van der Waals surface area contributed by atoms with E-state index in [1.807, 2.05) is 26.0 Å². The second kappa shape index (κ2) is 4.75. The molecule has 0 aliphatic heterocycles. The van der Waals surface area contributed by atoms with Gasteiger partial charge in [-0.15, -0.1) is 0 Å². The number of carbonyl (C=O) groups is 2. The first-order chi connectivity index (χ1) is 8.42. The molecule has 18 heavy (non-hydrogen) atoms. The Morgan fingerprint density at radius 1 is 1.17 bits per heavy atom. The summed E-state index contributed by atoms with van der Waals surface area (Å²) in [7, 11) is 0. The fourth-order valence-electron chi connectivity index (χ4n) is 2.69. The highest BCUT2D eigenvalue weighted by Gasteiger charge is 2.41. The Labute approximate surface area is 107 Å². The topological polar surface area (TPSA) is 66.4 Å². The summed E-state index contributed by atoms with van der Waals surface area (Å²) in [6.45, 7) is 4.05. The molecule has 0 bridgehead atoms. The van der Waals surface area contributed by atoms with Crippen molar-refractivity contribution in [3.05, 3.63) is 12.2 Å². The van der Waals surface area contributed by atoms with Crippen molar-refractivity contribution in [1.82, 2.24) is 5.32 Å². The molecule has 2 N–H and O–H groups in total. The van der Waals surface area contributed by atoms with E-state index >= 15 is 0 Å². The maximum absolute atomic E-state index is 12.3. The molecular weight excluding hydrogens is 230 g/mol. The molecule has 0 aromatic heterocycles. The maximum atomic E-state index is 12.3. The zero-order valence-electron chi connectivity index (χ0n) is 11.0. The highest BCUT2D eigenvalue weighted by Crippen LogP contribution is 2.39. The minimum absolute atomic E-state index is 0.108. The molecule has 2 rings (SSSR count). The van der Waals surface area contributed by atoms with Crippen LogP contribution in [0.3, 0.4) is 0 Å². The van der Waals surface area contributed by atoms with Crippen molar-refractivity contribution >= 4 is 11.9 Å². The third kappa shape index (κ3) is 2.74. The highest BCUT2D eigenvalue weighted by molar-refractivity contribution is 5.85. The minimum Gasteiger partial charge on any atom is -0.481 e. The number of aliphatic carboxylic acids is 1. The van der Waals surface area contributed by atoms with Crippen LogP contribution < -0.4 is 5.32 Å². The highest BCUT2D eigenvalue weighted by atomic mass is 16.4. The van der Waals surface area contributed by atoms with Gasteiger partial charge in [-0.3, -0.25) is 9.59 Å². The van der Waals surface area contributed by atoms with Crippen LogP contribution in [0.4, 0.5) is 0 Å². The van der Waals surface area contributed by atoms with E-state index in [1.54, 1.807) is 0 Å². The fourth-order valence-corrected chi connectivity index (χ4v) is 2.69. The van der Waals surface area contributed by atoms with Gasteiger partial charge in [-0.1, -0.05) is 12.2 Å². The molecule has 100 valence electrons. The molecule has 0 heterocycles. The number of hydrogen-bond donors (Lipinski definition) is 2. The molecule has 1 saturated carbocycles. The van der Waals surface area contributed by atoms with Crippen LogP contribution in [-0.2, 0) is 9.59 Å². The van der Waals surface area contributed by atoms with Crippen molar-refractivity contribution in [3.63, 3.8) is 0 Å². The molecule has 1 fully saturated rings. The lowest BCUT2D eigenvalue weighted by Crippen LogP contribution is -2.50. The van der Waals surface area contributed by atoms with Gasteiger partial charge in [-0.05, 0) is 45.4 Å². The van der Waals surface area contributed by atoms with Crippen LogP contribution in [0.5, 0.6) is 0 Å². The summed E-state index contributed by atoms with van der Waals surface area (Å²) in [5, 5.41) is 12.2. The molecule has 4 nitrogen and oxygen atoms in total. The van der Waals surface area contributed by atoms with Gasteiger partial charge in [0.05, 0.1) is 11.8 Å². The zero-order valence-corrected chi connectivity index (χ0v) is 11.0. The van der Waals surface area contributed by atoms with Gasteiger partial charge in [-0.25, -0.2) is 0 Å². The zero-order chi connectivity index (χ0) is 13.3. The molecule has 2 aliphatic rings. The number of carbonyl (C=O) groups excluding carboxylic acids is 1. The molecule has 0 spiro atoms. The largest absolute Gasteiger partial charge is 0.481 e. The molecule has 0 aromatic carbocycles. The van der Waals surface area contributed by atoms with Gasteiger partial charge in [0, 0.05) is 5.54 Å². The van der Waals surface area contributed by atoms with Crippen LogP contribution >= 0.6 is 0 Å². The molecular formula is C14H21NO3. The van der Waals surface area contributed by atoms with Crippen molar-refractivity contribution in [1.29, 1.82) is 0 Å². The Hall–Kier alpha value is -1.32. The summed E-state index contributed by atoms with van der Waals surface area (Å²) < 4.78 is 0. The number of carboxylic acids is 1. The monoisotopic (exact) mass is 251 g/mol. The molecule has 2 unspecified atom stereocenters. The van der Waals surface area contributed by atoms with E-state index in [9.17, 15) is 9.59 Å². The second-order valence-electron chi connectivity index (χ2n) is 5.98. The van der Waals surface area contributed by atoms with E-state index < -0.39 is 17.8 Å². The van der Waals surface area contributed by atoms with Crippen LogP contribution in [0, 0.1) is 17.8 Å². The van der Waals surface area contributed by atoms with E-state index in [1.165, 1.54) is 0 Å². The van der Waals surface area contributed by atoms with Crippen molar-refractivity contribution in [3.8, 4) is 0 Å². The van der Waals surface area contributed by atoms with E-state index in [-0.39, 0.29) is 11.4 Å². The Morgan fingerprint density at radius 2 is 1.72 bits per heavy atom. The van der Waals surface area contributed by atoms with Crippen LogP contribution in [0.2, 0.25) is 0 Å². The van der Waals surface area contributed by atoms with Crippen LogP contribution in [0.15, 0.2) is 12.2 Å². The van der Waals surface area contributed by atoms with Gasteiger partial charge >= 0.3 is 5.97 Å². The number of nitrogens with one attached hydrogen (secondary N) is 1. The van der Waals surface area contributed by atoms with Crippen molar-refractivity contribution in [2.75, 3.05) is 0 Å². The first-order valence-electron chi connectivity index (χ1n) is 6.61. The van der Waals surface area contributed by atoms with Gasteiger partial charge in [0.2, 0.25) is 5.91 Å². The third-order valence-corrected chi connectivity index (χ3v) is 4.13. The average Bonchev–Trinajstić information content (AvgIpc) is 3.12. The molecule has 4 heteroatoms. The number of amides is 1. The first kappa shape index (κ1) is 13.1. The smallest absolute Gasteiger partial charge is 0.307 e. The lowest BCUT2D eigenvalue weighted by molar-refractivity contribution is -0.147. The summed E-state index contributed by atoms with van der Waals surface area (Å²) in [5.41, 5.74) is -0.207. The molecule has 0 aromatic rings. The second-order valence-corrected chi connectivity index (χ2v) is 5.98. The van der Waals surface area contributed by atoms with Crippen molar-refractivity contribution in [2.45, 2.75) is 45.1 Å². The van der Waals surface area contributed by atoms with Gasteiger partial charge in [-0.2, -0.15) is 0 Å². The quantitative estimate of drug-likeness (QED) is 0.751. The Kier molecular flexibility index (Phi) is 3.46. The predicted octanol–water partition coefficient (Wildman–Crippen LogP) is 1.96. The molecule has 0 saturated heterocycles. The molecule has 2 aliphatic carbocycles. The number of carboxylic acid groups (broad SMARTS) is 1. The summed E-state index contributed by atoms with van der Waals surface area (Å²) in [5.74, 6) is -1.44. The minimum atomic E-state index is -0.872. The van der Waals surface area contributed by atoms with Gasteiger partial charge < -0.3 is 10.4 Å². The first-order valence-corrected chi connectivity index (χ1v) is 6.61.